The summed E-state index contributed by atoms with van der Waals surface area (Å²) >= 11 is 0.778. The number of hydrogen-bond acceptors (Lipinski definition) is 4. The van der Waals surface area contributed by atoms with Crippen LogP contribution in [-0.4, -0.2) is 16.3 Å². The zero-order valence-corrected chi connectivity index (χ0v) is 4.80. The molecule has 0 saturated carbocycles. The van der Waals surface area contributed by atoms with Crippen molar-refractivity contribution in [1.29, 1.82) is 0 Å². The Labute approximate surface area is 50.3 Å². The second kappa shape index (κ2) is 2.13. The molecule has 0 spiro atoms. The number of nitroso groups, excluding NO2 is 1. The fourth-order valence-corrected chi connectivity index (χ4v) is 0.867. The SMILES string of the molecule is O=NSC1CC=[N+]1[O-]. The molecule has 8 heavy (non-hydrogen) atoms. The lowest BCUT2D eigenvalue weighted by molar-refractivity contribution is -0.494. The van der Waals surface area contributed by atoms with Crippen molar-refractivity contribution in [2.24, 2.45) is 4.58 Å². The van der Waals surface area contributed by atoms with Crippen LogP contribution >= 0.6 is 11.9 Å². The molecule has 0 aromatic rings. The molecule has 4 nitrogen and oxygen atoms in total. The highest BCUT2D eigenvalue weighted by atomic mass is 32.2. The van der Waals surface area contributed by atoms with Crippen LogP contribution in [0.4, 0.5) is 0 Å². The molecule has 1 atom stereocenters. The molecule has 44 valence electrons. The van der Waals surface area contributed by atoms with Gasteiger partial charge in [0.25, 0.3) is 0 Å². The smallest absolute Gasteiger partial charge is 0.241 e. The van der Waals surface area contributed by atoms with Crippen LogP contribution in [-0.2, 0) is 0 Å². The monoisotopic (exact) mass is 132 g/mol. The Morgan fingerprint density at radius 1 is 2.00 bits per heavy atom. The van der Waals surface area contributed by atoms with Gasteiger partial charge in [0.05, 0.1) is 11.9 Å². The van der Waals surface area contributed by atoms with Crippen LogP contribution in [0, 0.1) is 10.1 Å². The molecule has 0 radical (unpaired) electrons. The number of hydrogen-bond donors (Lipinski definition) is 0. The van der Waals surface area contributed by atoms with Crippen LogP contribution in [0.1, 0.15) is 6.42 Å². The van der Waals surface area contributed by atoms with Gasteiger partial charge < -0.3 is 5.21 Å². The minimum absolute atomic E-state index is 0.243. The summed E-state index contributed by atoms with van der Waals surface area (Å²) in [4.78, 5) is 9.49. The van der Waals surface area contributed by atoms with E-state index in [9.17, 15) is 10.1 Å². The molecule has 0 saturated heterocycles. The third-order valence-electron chi connectivity index (χ3n) is 0.936. The van der Waals surface area contributed by atoms with Gasteiger partial charge in [-0.1, -0.05) is 0 Å². The van der Waals surface area contributed by atoms with Crippen molar-refractivity contribution >= 4 is 18.2 Å². The van der Waals surface area contributed by atoms with Crippen LogP contribution in [0.15, 0.2) is 4.58 Å². The summed E-state index contributed by atoms with van der Waals surface area (Å²) in [6.07, 6.45) is 2.14. The molecule has 1 unspecified atom stereocenters. The van der Waals surface area contributed by atoms with Crippen LogP contribution in [0.2, 0.25) is 0 Å². The van der Waals surface area contributed by atoms with Crippen molar-refractivity contribution in [2.75, 3.05) is 0 Å². The van der Waals surface area contributed by atoms with Gasteiger partial charge in [0, 0.05) is 4.58 Å². The average Bonchev–Trinajstić information content (AvgIpc) is 1.79. The molecule has 0 aliphatic carbocycles. The lowest BCUT2D eigenvalue weighted by Crippen LogP contribution is -2.29. The summed E-state index contributed by atoms with van der Waals surface area (Å²) in [5.41, 5.74) is 0. The molecule has 1 aliphatic rings. The molecule has 1 rings (SSSR count). The second-order valence-corrected chi connectivity index (χ2v) is 2.32. The molecule has 0 fully saturated rings. The largest absolute Gasteiger partial charge is 0.623 e. The Morgan fingerprint density at radius 3 is 2.88 bits per heavy atom. The van der Waals surface area contributed by atoms with E-state index in [1.807, 2.05) is 0 Å². The maximum Gasteiger partial charge on any atom is 0.241 e. The fourth-order valence-electron chi connectivity index (χ4n) is 0.417. The summed E-state index contributed by atoms with van der Waals surface area (Å²) in [6, 6.07) is 0. The molecule has 0 aromatic heterocycles. The van der Waals surface area contributed by atoms with Gasteiger partial charge in [0.2, 0.25) is 5.37 Å². The van der Waals surface area contributed by atoms with E-state index in [1.54, 1.807) is 0 Å². The summed E-state index contributed by atoms with van der Waals surface area (Å²) in [7, 11) is 0. The zero-order chi connectivity index (χ0) is 5.98. The van der Waals surface area contributed by atoms with E-state index in [1.165, 1.54) is 6.21 Å². The maximum absolute atomic E-state index is 10.3. The molecule has 1 aliphatic heterocycles. The predicted octanol–water partition coefficient (Wildman–Crippen LogP) is 0.712. The van der Waals surface area contributed by atoms with Crippen molar-refractivity contribution in [3.63, 3.8) is 0 Å². The van der Waals surface area contributed by atoms with E-state index in [0.29, 0.717) is 6.42 Å². The lowest BCUT2D eigenvalue weighted by atomic mass is 10.4. The summed E-state index contributed by atoms with van der Waals surface area (Å²) < 4.78 is 3.24. The second-order valence-electron chi connectivity index (χ2n) is 1.41. The Kier molecular flexibility index (Phi) is 1.48. The van der Waals surface area contributed by atoms with Crippen LogP contribution in [0.25, 0.3) is 0 Å². The highest BCUT2D eigenvalue weighted by Gasteiger charge is 2.25. The van der Waals surface area contributed by atoms with Gasteiger partial charge in [-0.2, -0.15) is 0 Å². The third-order valence-corrected chi connectivity index (χ3v) is 1.67. The van der Waals surface area contributed by atoms with Crippen molar-refractivity contribution in [3.05, 3.63) is 10.1 Å². The van der Waals surface area contributed by atoms with Crippen molar-refractivity contribution in [1.82, 2.24) is 0 Å². The molecule has 0 N–H and O–H groups in total. The molecule has 0 aromatic carbocycles. The first kappa shape index (κ1) is 5.55. The summed E-state index contributed by atoms with van der Waals surface area (Å²) in [6.45, 7) is 0. The highest BCUT2D eigenvalue weighted by molar-refractivity contribution is 7.98. The zero-order valence-electron chi connectivity index (χ0n) is 3.98. The Balaban J connectivity index is 2.31. The molecule has 0 amide bonds. The first-order valence-electron chi connectivity index (χ1n) is 2.12. The van der Waals surface area contributed by atoms with Gasteiger partial charge in [0.15, 0.2) is 6.21 Å². The Bertz CT molecular complexity index is 135. The average molecular weight is 132 g/mol. The number of hydroxylamine groups is 1. The van der Waals surface area contributed by atoms with Crippen LogP contribution in [0.3, 0.4) is 0 Å². The normalized spacial score (nSPS) is 26.0. The van der Waals surface area contributed by atoms with Gasteiger partial charge >= 0.3 is 0 Å². The molecular formula is C3H4N2O2S. The molecule has 0 bridgehead atoms. The van der Waals surface area contributed by atoms with Gasteiger partial charge in [-0.05, 0) is 0 Å². The number of rotatable bonds is 2. The van der Waals surface area contributed by atoms with E-state index in [-0.39, 0.29) is 5.37 Å². The van der Waals surface area contributed by atoms with E-state index >= 15 is 0 Å². The molecule has 5 heteroatoms. The van der Waals surface area contributed by atoms with E-state index < -0.39 is 0 Å². The lowest BCUT2D eigenvalue weighted by Gasteiger charge is -2.17. The Hall–Kier alpha value is -0.580. The van der Waals surface area contributed by atoms with E-state index in [4.69, 9.17) is 0 Å². The van der Waals surface area contributed by atoms with Crippen molar-refractivity contribution in [2.45, 2.75) is 11.8 Å². The predicted molar refractivity (Wildman–Crippen MR) is 31.5 cm³/mol. The minimum Gasteiger partial charge on any atom is -0.623 e. The minimum atomic E-state index is -0.243. The highest BCUT2D eigenvalue weighted by Crippen LogP contribution is 2.19. The molecular weight excluding hydrogens is 128 g/mol. The van der Waals surface area contributed by atoms with E-state index in [2.05, 4.69) is 4.58 Å². The first-order valence-corrected chi connectivity index (χ1v) is 2.95. The standard InChI is InChI=1S/C3H4N2O2S/c6-4-8-3-1-2-5(3)7/h2-3H,1H2. The Morgan fingerprint density at radius 2 is 2.75 bits per heavy atom. The van der Waals surface area contributed by atoms with E-state index in [0.717, 1.165) is 16.7 Å². The summed E-state index contributed by atoms with van der Waals surface area (Å²) in [5.74, 6) is 0. The van der Waals surface area contributed by atoms with Crippen molar-refractivity contribution in [3.8, 4) is 0 Å². The third kappa shape index (κ3) is 0.812. The topological polar surface area (TPSA) is 55.5 Å². The molecule has 1 heterocycles. The quantitative estimate of drug-likeness (QED) is 0.240. The van der Waals surface area contributed by atoms with Crippen LogP contribution < -0.4 is 0 Å². The van der Waals surface area contributed by atoms with Crippen LogP contribution in [0.5, 0.6) is 0 Å². The summed E-state index contributed by atoms with van der Waals surface area (Å²) in [5, 5.41) is 10.0. The fraction of sp³-hybridized carbons (Fsp3) is 0.667. The van der Waals surface area contributed by atoms with Gasteiger partial charge in [-0.15, -0.1) is 4.91 Å². The first-order chi connectivity index (χ1) is 3.84. The van der Waals surface area contributed by atoms with Gasteiger partial charge in [0.1, 0.15) is 6.42 Å². The number of nitrogens with zero attached hydrogens (tertiary/aromatic N) is 2. The maximum atomic E-state index is 10.3. The van der Waals surface area contributed by atoms with Gasteiger partial charge in [-0.25, -0.2) is 4.74 Å². The van der Waals surface area contributed by atoms with Crippen molar-refractivity contribution < 1.29 is 4.74 Å². The van der Waals surface area contributed by atoms with Gasteiger partial charge in [-0.3, -0.25) is 0 Å².